The molecular formula is C13H10N4O2S. The SMILES string of the molecule is Cn1ncnc1Sc1cc(C(=O)O)c2ccccc2n1. The number of fused-ring (bicyclic) bond motifs is 1. The van der Waals surface area contributed by atoms with Gasteiger partial charge < -0.3 is 5.11 Å². The molecule has 0 amide bonds. The molecule has 0 aliphatic heterocycles. The number of carboxylic acid groups (broad SMARTS) is 1. The summed E-state index contributed by atoms with van der Waals surface area (Å²) in [6.07, 6.45) is 1.45. The van der Waals surface area contributed by atoms with E-state index in [0.29, 0.717) is 21.1 Å². The number of nitrogens with zero attached hydrogens (tertiary/aromatic N) is 4. The van der Waals surface area contributed by atoms with Crippen molar-refractivity contribution in [3.05, 3.63) is 42.2 Å². The predicted octanol–water partition coefficient (Wildman–Crippen LogP) is 2.21. The summed E-state index contributed by atoms with van der Waals surface area (Å²) < 4.78 is 1.61. The van der Waals surface area contributed by atoms with E-state index < -0.39 is 5.97 Å². The average Bonchev–Trinajstić information content (AvgIpc) is 2.83. The maximum atomic E-state index is 11.4. The van der Waals surface area contributed by atoms with Gasteiger partial charge in [0.2, 0.25) is 0 Å². The molecule has 6 nitrogen and oxygen atoms in total. The van der Waals surface area contributed by atoms with Crippen LogP contribution in [0.4, 0.5) is 0 Å². The lowest BCUT2D eigenvalue weighted by atomic mass is 10.1. The zero-order valence-electron chi connectivity index (χ0n) is 10.5. The van der Waals surface area contributed by atoms with E-state index in [1.807, 2.05) is 6.07 Å². The molecule has 0 aliphatic rings. The van der Waals surface area contributed by atoms with E-state index >= 15 is 0 Å². The zero-order valence-corrected chi connectivity index (χ0v) is 11.3. The molecule has 100 valence electrons. The lowest BCUT2D eigenvalue weighted by Crippen LogP contribution is -2.00. The number of benzene rings is 1. The number of carbonyl (C=O) groups is 1. The first-order valence-electron chi connectivity index (χ1n) is 5.80. The van der Waals surface area contributed by atoms with E-state index in [2.05, 4.69) is 15.1 Å². The fraction of sp³-hybridized carbons (Fsp3) is 0.0769. The van der Waals surface area contributed by atoms with Crippen LogP contribution in [-0.2, 0) is 7.05 Å². The molecule has 0 bridgehead atoms. The highest BCUT2D eigenvalue weighted by Crippen LogP contribution is 2.28. The van der Waals surface area contributed by atoms with Crippen LogP contribution < -0.4 is 0 Å². The molecule has 0 spiro atoms. The number of aromatic carboxylic acids is 1. The second kappa shape index (κ2) is 4.93. The highest BCUT2D eigenvalue weighted by Gasteiger charge is 2.13. The Kier molecular flexibility index (Phi) is 3.11. The van der Waals surface area contributed by atoms with Crippen molar-refractivity contribution in [2.75, 3.05) is 0 Å². The molecule has 0 unspecified atom stereocenters. The summed E-state index contributed by atoms with van der Waals surface area (Å²) in [6.45, 7) is 0. The third-order valence-electron chi connectivity index (χ3n) is 2.79. The monoisotopic (exact) mass is 286 g/mol. The van der Waals surface area contributed by atoms with E-state index in [-0.39, 0.29) is 5.56 Å². The van der Waals surface area contributed by atoms with Gasteiger partial charge in [0.25, 0.3) is 0 Å². The van der Waals surface area contributed by atoms with Gasteiger partial charge in [-0.05, 0) is 23.9 Å². The minimum atomic E-state index is -0.969. The Bertz CT molecular complexity index is 800. The Morgan fingerprint density at radius 3 is 2.85 bits per heavy atom. The van der Waals surface area contributed by atoms with Crippen molar-refractivity contribution in [3.63, 3.8) is 0 Å². The second-order valence-corrected chi connectivity index (χ2v) is 5.09. The molecular weight excluding hydrogens is 276 g/mol. The third-order valence-corrected chi connectivity index (χ3v) is 3.76. The number of para-hydroxylation sites is 1. The smallest absolute Gasteiger partial charge is 0.336 e. The number of hydrogen-bond donors (Lipinski definition) is 1. The molecule has 0 aliphatic carbocycles. The second-order valence-electron chi connectivity index (χ2n) is 4.10. The maximum absolute atomic E-state index is 11.4. The molecule has 0 atom stereocenters. The molecule has 2 heterocycles. The summed E-state index contributed by atoms with van der Waals surface area (Å²) in [6, 6.07) is 8.73. The molecule has 1 aromatic carbocycles. The number of carboxylic acids is 1. The van der Waals surface area contributed by atoms with Crippen molar-refractivity contribution < 1.29 is 9.90 Å². The van der Waals surface area contributed by atoms with Crippen molar-refractivity contribution in [2.24, 2.45) is 7.05 Å². The van der Waals surface area contributed by atoms with Crippen molar-refractivity contribution in [1.82, 2.24) is 19.7 Å². The Balaban J connectivity index is 2.12. The quantitative estimate of drug-likeness (QED) is 0.795. The van der Waals surface area contributed by atoms with E-state index in [0.717, 1.165) is 0 Å². The van der Waals surface area contributed by atoms with Crippen molar-refractivity contribution in [2.45, 2.75) is 10.2 Å². The van der Waals surface area contributed by atoms with Crippen LogP contribution in [0.15, 0.2) is 46.8 Å². The van der Waals surface area contributed by atoms with E-state index in [4.69, 9.17) is 0 Å². The number of pyridine rings is 1. The van der Waals surface area contributed by atoms with Crippen molar-refractivity contribution in [1.29, 1.82) is 0 Å². The van der Waals surface area contributed by atoms with Gasteiger partial charge in [0.15, 0.2) is 5.16 Å². The summed E-state index contributed by atoms with van der Waals surface area (Å²) in [4.78, 5) is 19.9. The van der Waals surface area contributed by atoms with Crippen LogP contribution in [0.25, 0.3) is 10.9 Å². The molecule has 1 N–H and O–H groups in total. The minimum Gasteiger partial charge on any atom is -0.478 e. The van der Waals surface area contributed by atoms with Crippen LogP contribution >= 0.6 is 11.8 Å². The number of aryl methyl sites for hydroxylation is 1. The van der Waals surface area contributed by atoms with Gasteiger partial charge in [-0.15, -0.1) is 0 Å². The Hall–Kier alpha value is -2.41. The van der Waals surface area contributed by atoms with Crippen LogP contribution in [0, 0.1) is 0 Å². The predicted molar refractivity (Wildman–Crippen MR) is 73.8 cm³/mol. The summed E-state index contributed by atoms with van der Waals surface area (Å²) >= 11 is 1.28. The Morgan fingerprint density at radius 1 is 1.35 bits per heavy atom. The third kappa shape index (κ3) is 2.23. The van der Waals surface area contributed by atoms with Crippen LogP contribution in [0.2, 0.25) is 0 Å². The highest BCUT2D eigenvalue weighted by molar-refractivity contribution is 7.99. The van der Waals surface area contributed by atoms with Gasteiger partial charge in [0.05, 0.1) is 11.1 Å². The first kappa shape index (κ1) is 12.6. The molecule has 0 radical (unpaired) electrons. The first-order chi connectivity index (χ1) is 9.65. The molecule has 3 rings (SSSR count). The van der Waals surface area contributed by atoms with Gasteiger partial charge in [0.1, 0.15) is 11.4 Å². The number of aromatic nitrogens is 4. The largest absolute Gasteiger partial charge is 0.478 e. The van der Waals surface area contributed by atoms with Gasteiger partial charge >= 0.3 is 5.97 Å². The van der Waals surface area contributed by atoms with Gasteiger partial charge in [-0.2, -0.15) is 5.10 Å². The molecule has 0 saturated heterocycles. The maximum Gasteiger partial charge on any atom is 0.336 e. The average molecular weight is 286 g/mol. The Morgan fingerprint density at radius 2 is 2.15 bits per heavy atom. The van der Waals surface area contributed by atoms with Crippen LogP contribution in [0.5, 0.6) is 0 Å². The molecule has 3 aromatic rings. The van der Waals surface area contributed by atoms with E-state index in [9.17, 15) is 9.90 Å². The molecule has 0 saturated carbocycles. The normalized spacial score (nSPS) is 10.8. The minimum absolute atomic E-state index is 0.236. The summed E-state index contributed by atoms with van der Waals surface area (Å²) in [5, 5.41) is 15.2. The Labute approximate surface area is 118 Å². The summed E-state index contributed by atoms with van der Waals surface area (Å²) in [5.41, 5.74) is 0.886. The first-order valence-corrected chi connectivity index (χ1v) is 6.62. The fourth-order valence-corrected chi connectivity index (χ4v) is 2.64. The van der Waals surface area contributed by atoms with Crippen molar-refractivity contribution >= 4 is 28.6 Å². The number of hydrogen-bond acceptors (Lipinski definition) is 5. The van der Waals surface area contributed by atoms with Gasteiger partial charge in [-0.1, -0.05) is 18.2 Å². The lowest BCUT2D eigenvalue weighted by Gasteiger charge is -2.05. The lowest BCUT2D eigenvalue weighted by molar-refractivity contribution is 0.0698. The summed E-state index contributed by atoms with van der Waals surface area (Å²) in [5.74, 6) is -0.969. The van der Waals surface area contributed by atoms with E-state index in [1.54, 1.807) is 36.0 Å². The standard InChI is InChI=1S/C13H10N4O2S/c1-17-13(14-7-15-17)20-11-6-9(12(18)19)8-4-2-3-5-10(8)16-11/h2-7H,1H3,(H,18,19). The van der Waals surface area contributed by atoms with Crippen LogP contribution in [0.3, 0.4) is 0 Å². The molecule has 2 aromatic heterocycles. The molecule has 0 fully saturated rings. The van der Waals surface area contributed by atoms with Gasteiger partial charge in [-0.25, -0.2) is 19.4 Å². The van der Waals surface area contributed by atoms with Gasteiger partial charge in [0, 0.05) is 12.4 Å². The van der Waals surface area contributed by atoms with E-state index in [1.165, 1.54) is 18.1 Å². The van der Waals surface area contributed by atoms with Gasteiger partial charge in [-0.3, -0.25) is 0 Å². The van der Waals surface area contributed by atoms with Crippen LogP contribution in [0.1, 0.15) is 10.4 Å². The summed E-state index contributed by atoms with van der Waals surface area (Å²) in [7, 11) is 1.77. The van der Waals surface area contributed by atoms with Crippen molar-refractivity contribution in [3.8, 4) is 0 Å². The molecule has 20 heavy (non-hydrogen) atoms. The molecule has 7 heteroatoms. The fourth-order valence-electron chi connectivity index (χ4n) is 1.85. The van der Waals surface area contributed by atoms with Crippen LogP contribution in [-0.4, -0.2) is 30.8 Å². The number of rotatable bonds is 3. The topological polar surface area (TPSA) is 80.9 Å². The zero-order chi connectivity index (χ0) is 14.1. The highest BCUT2D eigenvalue weighted by atomic mass is 32.2.